The maximum atomic E-state index is 9.25. The summed E-state index contributed by atoms with van der Waals surface area (Å²) in [5.74, 6) is 4.45. The van der Waals surface area contributed by atoms with Crippen molar-refractivity contribution in [2.75, 3.05) is 0 Å². The fraction of sp³-hybridized carbons (Fsp3) is 0.256. The van der Waals surface area contributed by atoms with Crippen LogP contribution in [0.5, 0.6) is 0 Å². The summed E-state index contributed by atoms with van der Waals surface area (Å²) in [5, 5.41) is 11.4. The van der Waals surface area contributed by atoms with Crippen LogP contribution in [0.2, 0.25) is 0 Å². The maximum absolute atomic E-state index is 9.25. The van der Waals surface area contributed by atoms with E-state index in [-0.39, 0.29) is 0 Å². The zero-order valence-corrected chi connectivity index (χ0v) is 27.0. The molecule has 5 aromatic carbocycles. The molecule has 6 aromatic rings. The van der Waals surface area contributed by atoms with Crippen molar-refractivity contribution in [2.24, 2.45) is 17.8 Å². The van der Waals surface area contributed by atoms with Crippen molar-refractivity contribution in [2.45, 2.75) is 51.4 Å². The van der Waals surface area contributed by atoms with Gasteiger partial charge in [-0.25, -0.2) is 15.0 Å². The monoisotopic (exact) mass is 610 g/mol. The van der Waals surface area contributed by atoms with Crippen molar-refractivity contribution >= 4 is 10.8 Å². The zero-order chi connectivity index (χ0) is 32.0. The lowest BCUT2D eigenvalue weighted by Gasteiger charge is -2.50. The van der Waals surface area contributed by atoms with Crippen molar-refractivity contribution in [3.63, 3.8) is 0 Å². The van der Waals surface area contributed by atoms with E-state index in [4.69, 9.17) is 15.0 Å². The highest BCUT2D eigenvalue weighted by Crippen LogP contribution is 2.54. The lowest BCUT2D eigenvalue weighted by Crippen LogP contribution is -2.42. The predicted octanol–water partition coefficient (Wildman–Crippen LogP) is 10.7. The Labute approximate surface area is 277 Å². The number of aromatic nitrogens is 3. The SMILES string of the molecule is C[C@@H]1C[C@@H]2C[C@H](C)CC(c3ccc(-c4nc(-c5ccccc5)nc(-c5ccc(-c6ccc7cc(C#N)ccc7c6)cc5)n4)cc3)(C1)C2. The van der Waals surface area contributed by atoms with Gasteiger partial charge in [-0.3, -0.25) is 0 Å². The zero-order valence-electron chi connectivity index (χ0n) is 27.0. The molecule has 2 aliphatic rings. The fourth-order valence-electron chi connectivity index (χ4n) is 8.69. The van der Waals surface area contributed by atoms with Crippen LogP contribution in [0.4, 0.5) is 0 Å². The highest BCUT2D eigenvalue weighted by molar-refractivity contribution is 5.88. The lowest BCUT2D eigenvalue weighted by molar-refractivity contribution is 0.0780. The van der Waals surface area contributed by atoms with Gasteiger partial charge in [-0.15, -0.1) is 0 Å². The van der Waals surface area contributed by atoms with Gasteiger partial charge in [-0.05, 0) is 101 Å². The first-order valence-corrected chi connectivity index (χ1v) is 16.9. The second-order valence-electron chi connectivity index (χ2n) is 14.2. The van der Waals surface area contributed by atoms with Crippen LogP contribution in [-0.4, -0.2) is 15.0 Å². The third-order valence-corrected chi connectivity index (χ3v) is 10.5. The maximum Gasteiger partial charge on any atom is 0.164 e. The fourth-order valence-corrected chi connectivity index (χ4v) is 8.69. The molecule has 1 heterocycles. The van der Waals surface area contributed by atoms with Crippen LogP contribution in [0.15, 0.2) is 115 Å². The standard InChI is InChI=1S/C43H38N4/c1-28-20-31-21-29(2)25-43(24-28,26-31)39-18-16-35(17-19-39)42-46-40(33-6-4-3-5-7-33)45-41(47-42)34-12-10-32(11-13-34)37-15-14-36-22-30(27-44)8-9-38(36)23-37/h3-19,22-23,28-29,31H,20-21,24-26H2,1-2H3/t28-,29+,31-,43?. The average Bonchev–Trinajstić information content (AvgIpc) is 3.11. The molecule has 0 saturated heterocycles. The molecule has 8 rings (SSSR count). The second-order valence-corrected chi connectivity index (χ2v) is 14.2. The summed E-state index contributed by atoms with van der Waals surface area (Å²) in [7, 11) is 0. The first-order valence-electron chi connectivity index (χ1n) is 16.9. The van der Waals surface area contributed by atoms with Crippen LogP contribution in [0.1, 0.15) is 57.1 Å². The Kier molecular flexibility index (Phi) is 7.41. The topological polar surface area (TPSA) is 62.5 Å². The van der Waals surface area contributed by atoms with Crippen LogP contribution in [-0.2, 0) is 5.41 Å². The van der Waals surface area contributed by atoms with E-state index in [0.29, 0.717) is 28.5 Å². The number of nitrogens with zero attached hydrogens (tertiary/aromatic N) is 4. The molecule has 230 valence electrons. The number of fused-ring (bicyclic) bond motifs is 3. The van der Waals surface area contributed by atoms with Crippen LogP contribution < -0.4 is 0 Å². The third kappa shape index (κ3) is 5.72. The largest absolute Gasteiger partial charge is 0.208 e. The van der Waals surface area contributed by atoms with Crippen molar-refractivity contribution < 1.29 is 0 Å². The summed E-state index contributed by atoms with van der Waals surface area (Å²) < 4.78 is 0. The number of rotatable bonds is 5. The number of nitriles is 1. The predicted molar refractivity (Wildman–Crippen MR) is 190 cm³/mol. The Bertz CT molecular complexity index is 2090. The van der Waals surface area contributed by atoms with E-state index in [9.17, 15) is 5.26 Å². The van der Waals surface area contributed by atoms with E-state index in [1.807, 2.05) is 36.4 Å². The van der Waals surface area contributed by atoms with E-state index < -0.39 is 0 Å². The minimum atomic E-state index is 0.296. The Morgan fingerprint density at radius 3 is 1.68 bits per heavy atom. The van der Waals surface area contributed by atoms with Crippen molar-refractivity contribution in [3.05, 3.63) is 126 Å². The van der Waals surface area contributed by atoms with Crippen molar-refractivity contribution in [3.8, 4) is 51.4 Å². The number of hydrogen-bond donors (Lipinski definition) is 0. The molecule has 4 atom stereocenters. The summed E-state index contributed by atoms with van der Waals surface area (Å²) in [6.07, 6.45) is 6.67. The third-order valence-electron chi connectivity index (χ3n) is 10.5. The van der Waals surface area contributed by atoms with Crippen LogP contribution in [0, 0.1) is 29.1 Å². The molecule has 0 radical (unpaired) electrons. The smallest absolute Gasteiger partial charge is 0.164 e. The number of benzene rings is 5. The quantitative estimate of drug-likeness (QED) is 0.195. The molecule has 47 heavy (non-hydrogen) atoms. The second kappa shape index (κ2) is 11.9. The van der Waals surface area contributed by atoms with Crippen molar-refractivity contribution in [1.29, 1.82) is 5.26 Å². The van der Waals surface area contributed by atoms with Gasteiger partial charge in [-0.1, -0.05) is 111 Å². The first kappa shape index (κ1) is 29.3. The Balaban J connectivity index is 1.14. The minimum Gasteiger partial charge on any atom is -0.208 e. The van der Waals surface area contributed by atoms with Gasteiger partial charge in [0, 0.05) is 16.7 Å². The summed E-state index contributed by atoms with van der Waals surface area (Å²) in [5.41, 5.74) is 7.63. The van der Waals surface area contributed by atoms with Crippen LogP contribution >= 0.6 is 0 Å². The van der Waals surface area contributed by atoms with Crippen LogP contribution in [0.25, 0.3) is 56.1 Å². The Hall–Kier alpha value is -5.14. The molecule has 2 fully saturated rings. The van der Waals surface area contributed by atoms with Crippen molar-refractivity contribution in [1.82, 2.24) is 15.0 Å². The molecule has 4 nitrogen and oxygen atoms in total. The average molecular weight is 611 g/mol. The molecule has 2 aliphatic carbocycles. The number of hydrogen-bond acceptors (Lipinski definition) is 4. The Morgan fingerprint density at radius 1 is 0.553 bits per heavy atom. The normalized spacial score (nSPS) is 22.1. The van der Waals surface area contributed by atoms with Crippen LogP contribution in [0.3, 0.4) is 0 Å². The minimum absolute atomic E-state index is 0.296. The highest BCUT2D eigenvalue weighted by atomic mass is 15.0. The van der Waals surface area contributed by atoms with Gasteiger partial charge >= 0.3 is 0 Å². The lowest BCUT2D eigenvalue weighted by atomic mass is 9.54. The van der Waals surface area contributed by atoms with Gasteiger partial charge in [0.15, 0.2) is 17.5 Å². The summed E-state index contributed by atoms with van der Waals surface area (Å²) in [6, 6.07) is 42.2. The molecule has 0 aliphatic heterocycles. The molecule has 2 saturated carbocycles. The van der Waals surface area contributed by atoms with Gasteiger partial charge in [0.1, 0.15) is 0 Å². The molecule has 0 spiro atoms. The Morgan fingerprint density at radius 2 is 1.06 bits per heavy atom. The van der Waals surface area contributed by atoms with Gasteiger partial charge in [0.25, 0.3) is 0 Å². The van der Waals surface area contributed by atoms with E-state index in [1.54, 1.807) is 0 Å². The molecule has 2 bridgehead atoms. The molecular formula is C43H38N4. The summed E-state index contributed by atoms with van der Waals surface area (Å²) in [4.78, 5) is 15.0. The molecule has 0 amide bonds. The summed E-state index contributed by atoms with van der Waals surface area (Å²) in [6.45, 7) is 4.90. The van der Waals surface area contributed by atoms with E-state index in [0.717, 1.165) is 56.3 Å². The van der Waals surface area contributed by atoms with Gasteiger partial charge in [0.2, 0.25) is 0 Å². The van der Waals surface area contributed by atoms with E-state index in [1.165, 1.54) is 37.7 Å². The molecular weight excluding hydrogens is 573 g/mol. The molecule has 1 aromatic heterocycles. The van der Waals surface area contributed by atoms with Gasteiger partial charge in [-0.2, -0.15) is 5.26 Å². The molecule has 1 unspecified atom stereocenters. The first-order chi connectivity index (χ1) is 22.9. The molecule has 4 heteroatoms. The highest BCUT2D eigenvalue weighted by Gasteiger charge is 2.45. The van der Waals surface area contributed by atoms with E-state index in [2.05, 4.69) is 98.8 Å². The molecule has 0 N–H and O–H groups in total. The van der Waals surface area contributed by atoms with E-state index >= 15 is 0 Å². The van der Waals surface area contributed by atoms with Gasteiger partial charge in [0.05, 0.1) is 11.6 Å². The summed E-state index contributed by atoms with van der Waals surface area (Å²) >= 11 is 0. The van der Waals surface area contributed by atoms with Gasteiger partial charge < -0.3 is 0 Å².